The molecule has 0 aliphatic heterocycles. The molecule has 0 radical (unpaired) electrons. The number of benzene rings is 9. The molecular formula is C54H35NOS. The van der Waals surface area contributed by atoms with E-state index in [0.717, 1.165) is 39.0 Å². The zero-order chi connectivity index (χ0) is 37.7. The van der Waals surface area contributed by atoms with E-state index in [4.69, 9.17) is 4.42 Å². The number of para-hydroxylation sites is 1. The lowest BCUT2D eigenvalue weighted by molar-refractivity contribution is 0.669. The molecule has 0 bridgehead atoms. The number of rotatable bonds is 7. The molecule has 2 nitrogen and oxygen atoms in total. The van der Waals surface area contributed by atoms with Gasteiger partial charge in [-0.1, -0.05) is 140 Å². The third-order valence-electron chi connectivity index (χ3n) is 11.1. The molecule has 2 aromatic heterocycles. The van der Waals surface area contributed by atoms with Crippen molar-refractivity contribution < 1.29 is 4.42 Å². The fourth-order valence-corrected chi connectivity index (χ4v) is 9.44. The van der Waals surface area contributed by atoms with Gasteiger partial charge in [0.2, 0.25) is 0 Å². The summed E-state index contributed by atoms with van der Waals surface area (Å²) in [5, 5.41) is 4.85. The third-order valence-corrected chi connectivity index (χ3v) is 12.3. The van der Waals surface area contributed by atoms with E-state index in [1.807, 2.05) is 23.5 Å². The summed E-state index contributed by atoms with van der Waals surface area (Å²) in [6, 6.07) is 76.4. The Morgan fingerprint density at radius 3 is 1.39 bits per heavy atom. The van der Waals surface area contributed by atoms with Crippen molar-refractivity contribution in [3.63, 3.8) is 0 Å². The van der Waals surface area contributed by atoms with Gasteiger partial charge in [-0.3, -0.25) is 0 Å². The molecule has 11 aromatic rings. The summed E-state index contributed by atoms with van der Waals surface area (Å²) in [6.45, 7) is 0. The summed E-state index contributed by atoms with van der Waals surface area (Å²) < 4.78 is 8.81. The van der Waals surface area contributed by atoms with Crippen LogP contribution in [0.2, 0.25) is 0 Å². The highest BCUT2D eigenvalue weighted by Crippen LogP contribution is 2.45. The summed E-state index contributed by atoms with van der Waals surface area (Å²) in [5.74, 6) is 0. The lowest BCUT2D eigenvalue weighted by Gasteiger charge is -2.26. The van der Waals surface area contributed by atoms with Gasteiger partial charge in [0.05, 0.1) is 0 Å². The number of thiophene rings is 1. The maximum Gasteiger partial charge on any atom is 0.135 e. The van der Waals surface area contributed by atoms with Crippen LogP contribution in [-0.2, 0) is 0 Å². The number of fused-ring (bicyclic) bond motifs is 6. The lowest BCUT2D eigenvalue weighted by atomic mass is 9.95. The van der Waals surface area contributed by atoms with Crippen molar-refractivity contribution in [1.29, 1.82) is 0 Å². The smallest absolute Gasteiger partial charge is 0.135 e. The summed E-state index contributed by atoms with van der Waals surface area (Å²) >= 11 is 1.87. The van der Waals surface area contributed by atoms with Gasteiger partial charge in [0.15, 0.2) is 0 Å². The Morgan fingerprint density at radius 2 is 0.772 bits per heavy atom. The predicted molar refractivity (Wildman–Crippen MR) is 243 cm³/mol. The molecule has 0 unspecified atom stereocenters. The van der Waals surface area contributed by atoms with Crippen molar-refractivity contribution in [2.75, 3.05) is 4.90 Å². The Morgan fingerprint density at radius 1 is 0.316 bits per heavy atom. The molecule has 0 fully saturated rings. The zero-order valence-electron chi connectivity index (χ0n) is 31.0. The van der Waals surface area contributed by atoms with Gasteiger partial charge in [-0.2, -0.15) is 0 Å². The van der Waals surface area contributed by atoms with Crippen molar-refractivity contribution in [3.05, 3.63) is 212 Å². The van der Waals surface area contributed by atoms with Crippen LogP contribution < -0.4 is 4.90 Å². The number of nitrogens with zero attached hydrogens (tertiary/aromatic N) is 1. The van der Waals surface area contributed by atoms with Crippen molar-refractivity contribution >= 4 is 70.5 Å². The SMILES string of the molecule is c1ccc(-c2ccc(N(c3ccc(-c4ccccc4)cc3)c3ccc(-c4cc(-c5ccc6oc7ccccc7c6c5)c5sc6ccccc6c5c4)cc3)cc2)cc1. The van der Waals surface area contributed by atoms with Crippen LogP contribution in [-0.4, -0.2) is 0 Å². The minimum absolute atomic E-state index is 0.910. The fraction of sp³-hybridized carbons (Fsp3) is 0. The van der Waals surface area contributed by atoms with Gasteiger partial charge >= 0.3 is 0 Å². The summed E-state index contributed by atoms with van der Waals surface area (Å²) in [6.07, 6.45) is 0. The van der Waals surface area contributed by atoms with Crippen LogP contribution in [0.5, 0.6) is 0 Å². The van der Waals surface area contributed by atoms with Crippen LogP contribution in [0, 0.1) is 0 Å². The van der Waals surface area contributed by atoms with E-state index in [0.29, 0.717) is 0 Å². The van der Waals surface area contributed by atoms with Crippen LogP contribution >= 0.6 is 11.3 Å². The van der Waals surface area contributed by atoms with Crippen LogP contribution in [0.4, 0.5) is 17.1 Å². The molecule has 0 aliphatic carbocycles. The van der Waals surface area contributed by atoms with Crippen LogP contribution in [0.25, 0.3) is 86.6 Å². The summed E-state index contributed by atoms with van der Waals surface area (Å²) in [5.41, 5.74) is 14.7. The summed E-state index contributed by atoms with van der Waals surface area (Å²) in [7, 11) is 0. The van der Waals surface area contributed by atoms with Gasteiger partial charge < -0.3 is 9.32 Å². The Kier molecular flexibility index (Phi) is 8.04. The zero-order valence-corrected chi connectivity index (χ0v) is 31.8. The van der Waals surface area contributed by atoms with Crippen LogP contribution in [0.15, 0.2) is 217 Å². The van der Waals surface area contributed by atoms with E-state index in [1.165, 1.54) is 64.7 Å². The highest BCUT2D eigenvalue weighted by atomic mass is 32.1. The van der Waals surface area contributed by atoms with Crippen molar-refractivity contribution in [2.45, 2.75) is 0 Å². The third kappa shape index (κ3) is 5.97. The molecule has 0 atom stereocenters. The first kappa shape index (κ1) is 33.2. The quantitative estimate of drug-likeness (QED) is 0.162. The molecule has 2 heterocycles. The number of hydrogen-bond acceptors (Lipinski definition) is 3. The van der Waals surface area contributed by atoms with Gasteiger partial charge in [0.1, 0.15) is 11.2 Å². The Hall–Kier alpha value is -7.20. The predicted octanol–water partition coefficient (Wildman–Crippen LogP) is 16.1. The molecule has 268 valence electrons. The molecule has 0 aliphatic rings. The standard InChI is InChI=1S/C54H35NOS/c1-3-11-36(12-4-1)38-19-26-43(27-20-38)55(44-28-21-39(22-29-44)37-13-5-2-6-14-37)45-30-23-40(24-31-45)42-34-48(54-50(35-42)47-16-8-10-18-53(47)57-54)41-25-32-52-49(33-41)46-15-7-9-17-51(46)56-52/h1-35H. The van der Waals surface area contributed by atoms with Crippen LogP contribution in [0.3, 0.4) is 0 Å². The van der Waals surface area contributed by atoms with E-state index < -0.39 is 0 Å². The van der Waals surface area contributed by atoms with E-state index in [9.17, 15) is 0 Å². The van der Waals surface area contributed by atoms with E-state index in [1.54, 1.807) is 0 Å². The maximum absolute atomic E-state index is 6.22. The highest BCUT2D eigenvalue weighted by Gasteiger charge is 2.17. The second-order valence-corrected chi connectivity index (χ2v) is 15.6. The van der Waals surface area contributed by atoms with E-state index >= 15 is 0 Å². The highest BCUT2D eigenvalue weighted by molar-refractivity contribution is 7.26. The van der Waals surface area contributed by atoms with E-state index in [2.05, 4.69) is 205 Å². The van der Waals surface area contributed by atoms with Crippen molar-refractivity contribution in [1.82, 2.24) is 0 Å². The molecule has 57 heavy (non-hydrogen) atoms. The maximum atomic E-state index is 6.22. The van der Waals surface area contributed by atoms with Gasteiger partial charge in [-0.25, -0.2) is 0 Å². The molecule has 0 saturated carbocycles. The minimum atomic E-state index is 0.910. The van der Waals surface area contributed by atoms with Crippen molar-refractivity contribution in [2.24, 2.45) is 0 Å². The molecule has 0 saturated heterocycles. The van der Waals surface area contributed by atoms with Gasteiger partial charge in [-0.15, -0.1) is 11.3 Å². The minimum Gasteiger partial charge on any atom is -0.456 e. The Balaban J connectivity index is 1.02. The van der Waals surface area contributed by atoms with Crippen LogP contribution in [0.1, 0.15) is 0 Å². The molecular weight excluding hydrogens is 711 g/mol. The van der Waals surface area contributed by atoms with Gasteiger partial charge in [0.25, 0.3) is 0 Å². The fourth-order valence-electron chi connectivity index (χ4n) is 8.22. The monoisotopic (exact) mass is 745 g/mol. The summed E-state index contributed by atoms with van der Waals surface area (Å²) in [4.78, 5) is 2.35. The van der Waals surface area contributed by atoms with E-state index in [-0.39, 0.29) is 0 Å². The Labute approximate surface area is 335 Å². The molecule has 0 amide bonds. The normalized spacial score (nSPS) is 11.5. The number of anilines is 3. The molecule has 0 spiro atoms. The second kappa shape index (κ2) is 13.8. The van der Waals surface area contributed by atoms with Gasteiger partial charge in [-0.05, 0) is 112 Å². The number of furan rings is 1. The second-order valence-electron chi connectivity index (χ2n) is 14.5. The first-order valence-corrected chi connectivity index (χ1v) is 20.1. The topological polar surface area (TPSA) is 16.4 Å². The molecule has 0 N–H and O–H groups in total. The average Bonchev–Trinajstić information content (AvgIpc) is 3.86. The molecule has 3 heteroatoms. The lowest BCUT2D eigenvalue weighted by Crippen LogP contribution is -2.09. The first-order valence-electron chi connectivity index (χ1n) is 19.3. The Bertz CT molecular complexity index is 3110. The number of hydrogen-bond donors (Lipinski definition) is 0. The van der Waals surface area contributed by atoms with Gasteiger partial charge in [0, 0.05) is 53.6 Å². The largest absolute Gasteiger partial charge is 0.456 e. The van der Waals surface area contributed by atoms with Crippen molar-refractivity contribution in [3.8, 4) is 44.5 Å². The molecule has 9 aromatic carbocycles. The molecule has 11 rings (SSSR count). The average molecular weight is 746 g/mol. The first-order chi connectivity index (χ1) is 28.2.